The van der Waals surface area contributed by atoms with Crippen molar-refractivity contribution in [1.82, 2.24) is 10.4 Å². The third-order valence-corrected chi connectivity index (χ3v) is 4.35. The predicted molar refractivity (Wildman–Crippen MR) is 78.1 cm³/mol. The SMILES string of the molecule is Cc1cc(C)c(C)c(C2(C(=O)NN(C)C)CC2)c1C. The highest BCUT2D eigenvalue weighted by atomic mass is 16.2. The summed E-state index contributed by atoms with van der Waals surface area (Å²) in [7, 11) is 3.71. The van der Waals surface area contributed by atoms with E-state index in [-0.39, 0.29) is 11.3 Å². The van der Waals surface area contributed by atoms with Gasteiger partial charge in [-0.15, -0.1) is 0 Å². The van der Waals surface area contributed by atoms with Gasteiger partial charge in [0, 0.05) is 14.1 Å². The average molecular weight is 260 g/mol. The quantitative estimate of drug-likeness (QED) is 0.847. The molecule has 1 saturated carbocycles. The number of rotatable bonds is 3. The molecule has 0 saturated heterocycles. The highest BCUT2D eigenvalue weighted by molar-refractivity contribution is 5.92. The summed E-state index contributed by atoms with van der Waals surface area (Å²) in [6, 6.07) is 2.22. The van der Waals surface area contributed by atoms with Crippen LogP contribution in [-0.2, 0) is 10.2 Å². The van der Waals surface area contributed by atoms with Crippen LogP contribution in [0.4, 0.5) is 0 Å². The summed E-state index contributed by atoms with van der Waals surface area (Å²) in [6.45, 7) is 8.54. The number of hydrogen-bond acceptors (Lipinski definition) is 2. The lowest BCUT2D eigenvalue weighted by atomic mass is 9.83. The standard InChI is InChI=1S/C16H24N2O/c1-10-9-11(2)13(4)14(12(10)3)16(7-8-16)15(19)17-18(5)6/h9H,7-8H2,1-6H3,(H,17,19). The molecule has 1 aromatic rings. The molecule has 1 aromatic carbocycles. The van der Waals surface area contributed by atoms with E-state index in [1.54, 1.807) is 5.01 Å². The number of hydrogen-bond donors (Lipinski definition) is 1. The van der Waals surface area contributed by atoms with E-state index in [2.05, 4.69) is 39.2 Å². The summed E-state index contributed by atoms with van der Waals surface area (Å²) in [5.74, 6) is 0.133. The molecule has 1 N–H and O–H groups in total. The molecule has 1 aliphatic rings. The number of hydrazine groups is 1. The summed E-state index contributed by atoms with van der Waals surface area (Å²) >= 11 is 0. The molecule has 0 aromatic heterocycles. The molecule has 1 aliphatic carbocycles. The molecule has 1 fully saturated rings. The molecule has 19 heavy (non-hydrogen) atoms. The molecule has 2 rings (SSSR count). The van der Waals surface area contributed by atoms with Crippen LogP contribution in [0.25, 0.3) is 0 Å². The van der Waals surface area contributed by atoms with Gasteiger partial charge in [-0.25, -0.2) is 5.01 Å². The minimum atomic E-state index is -0.296. The summed E-state index contributed by atoms with van der Waals surface area (Å²) in [4.78, 5) is 12.5. The monoisotopic (exact) mass is 260 g/mol. The Kier molecular flexibility index (Phi) is 3.43. The van der Waals surface area contributed by atoms with E-state index >= 15 is 0 Å². The maximum atomic E-state index is 12.5. The Morgan fingerprint density at radius 2 is 1.58 bits per heavy atom. The lowest BCUT2D eigenvalue weighted by molar-refractivity contribution is -0.127. The molecular formula is C16H24N2O. The fourth-order valence-corrected chi connectivity index (χ4v) is 2.96. The molecular weight excluding hydrogens is 236 g/mol. The Morgan fingerprint density at radius 1 is 1.11 bits per heavy atom. The fraction of sp³-hybridized carbons (Fsp3) is 0.562. The Morgan fingerprint density at radius 3 is 1.95 bits per heavy atom. The van der Waals surface area contributed by atoms with E-state index < -0.39 is 0 Å². The Labute approximate surface area is 116 Å². The van der Waals surface area contributed by atoms with Gasteiger partial charge < -0.3 is 0 Å². The van der Waals surface area contributed by atoms with E-state index in [1.165, 1.54) is 27.8 Å². The molecule has 0 aliphatic heterocycles. The number of benzene rings is 1. The van der Waals surface area contributed by atoms with Gasteiger partial charge in [-0.1, -0.05) is 6.07 Å². The van der Waals surface area contributed by atoms with Gasteiger partial charge in [0.05, 0.1) is 5.41 Å². The van der Waals surface area contributed by atoms with E-state index in [0.29, 0.717) is 0 Å². The normalized spacial score (nSPS) is 16.6. The molecule has 0 bridgehead atoms. The van der Waals surface area contributed by atoms with Crippen LogP contribution in [0, 0.1) is 27.7 Å². The lowest BCUT2D eigenvalue weighted by Gasteiger charge is -2.24. The number of nitrogens with one attached hydrogen (secondary N) is 1. The molecule has 104 valence electrons. The first-order valence-corrected chi connectivity index (χ1v) is 6.86. The minimum Gasteiger partial charge on any atom is -0.289 e. The van der Waals surface area contributed by atoms with E-state index in [0.717, 1.165) is 12.8 Å². The van der Waals surface area contributed by atoms with Gasteiger partial charge >= 0.3 is 0 Å². The van der Waals surface area contributed by atoms with Crippen LogP contribution in [0.5, 0.6) is 0 Å². The van der Waals surface area contributed by atoms with E-state index in [4.69, 9.17) is 0 Å². The molecule has 0 radical (unpaired) electrons. The third-order valence-electron chi connectivity index (χ3n) is 4.35. The van der Waals surface area contributed by atoms with Gasteiger partial charge in [0.1, 0.15) is 0 Å². The number of carbonyl (C=O) groups excluding carboxylic acids is 1. The first-order valence-electron chi connectivity index (χ1n) is 6.86. The van der Waals surface area contributed by atoms with Crippen molar-refractivity contribution in [2.45, 2.75) is 46.0 Å². The van der Waals surface area contributed by atoms with Crippen LogP contribution in [0.1, 0.15) is 40.7 Å². The third kappa shape index (κ3) is 2.27. The highest BCUT2D eigenvalue weighted by Crippen LogP contribution is 2.51. The van der Waals surface area contributed by atoms with Crippen molar-refractivity contribution in [2.24, 2.45) is 0 Å². The molecule has 3 heteroatoms. The van der Waals surface area contributed by atoms with Crippen molar-refractivity contribution in [1.29, 1.82) is 0 Å². The fourth-order valence-electron chi connectivity index (χ4n) is 2.96. The Balaban J connectivity index is 2.50. The Hall–Kier alpha value is -1.35. The second-order valence-corrected chi connectivity index (χ2v) is 6.05. The maximum Gasteiger partial charge on any atom is 0.244 e. The lowest BCUT2D eigenvalue weighted by Crippen LogP contribution is -2.43. The Bertz CT molecular complexity index is 502. The maximum absolute atomic E-state index is 12.5. The zero-order chi connectivity index (χ0) is 14.4. The molecule has 0 heterocycles. The van der Waals surface area contributed by atoms with E-state index in [9.17, 15) is 4.79 Å². The van der Waals surface area contributed by atoms with E-state index in [1.807, 2.05) is 14.1 Å². The molecule has 1 amide bonds. The van der Waals surface area contributed by atoms with Gasteiger partial charge in [0.25, 0.3) is 0 Å². The minimum absolute atomic E-state index is 0.133. The number of aryl methyl sites for hydroxylation is 2. The predicted octanol–water partition coefficient (Wildman–Crippen LogP) is 2.54. The smallest absolute Gasteiger partial charge is 0.244 e. The largest absolute Gasteiger partial charge is 0.289 e. The van der Waals surface area contributed by atoms with Crippen LogP contribution in [0.15, 0.2) is 6.07 Å². The van der Waals surface area contributed by atoms with Crippen molar-refractivity contribution in [3.63, 3.8) is 0 Å². The van der Waals surface area contributed by atoms with Gasteiger partial charge in [-0.2, -0.15) is 0 Å². The van der Waals surface area contributed by atoms with Crippen molar-refractivity contribution < 1.29 is 4.79 Å². The van der Waals surface area contributed by atoms with Gasteiger partial charge in [0.15, 0.2) is 0 Å². The van der Waals surface area contributed by atoms with Gasteiger partial charge in [0.2, 0.25) is 5.91 Å². The van der Waals surface area contributed by atoms with Crippen LogP contribution < -0.4 is 5.43 Å². The van der Waals surface area contributed by atoms with Crippen molar-refractivity contribution in [3.05, 3.63) is 33.9 Å². The average Bonchev–Trinajstić information content (AvgIpc) is 3.07. The van der Waals surface area contributed by atoms with Crippen LogP contribution in [-0.4, -0.2) is 25.0 Å². The van der Waals surface area contributed by atoms with Crippen molar-refractivity contribution >= 4 is 5.91 Å². The van der Waals surface area contributed by atoms with Crippen molar-refractivity contribution in [2.75, 3.05) is 14.1 Å². The van der Waals surface area contributed by atoms with Crippen LogP contribution in [0.2, 0.25) is 0 Å². The molecule has 0 atom stereocenters. The first-order chi connectivity index (χ1) is 8.79. The summed E-state index contributed by atoms with van der Waals surface area (Å²) in [5.41, 5.74) is 8.99. The molecule has 0 spiro atoms. The van der Waals surface area contributed by atoms with Crippen LogP contribution in [0.3, 0.4) is 0 Å². The first kappa shape index (κ1) is 14.1. The topological polar surface area (TPSA) is 32.3 Å². The van der Waals surface area contributed by atoms with Crippen LogP contribution >= 0.6 is 0 Å². The highest BCUT2D eigenvalue weighted by Gasteiger charge is 2.53. The molecule has 3 nitrogen and oxygen atoms in total. The zero-order valence-electron chi connectivity index (χ0n) is 12.8. The van der Waals surface area contributed by atoms with Gasteiger partial charge in [-0.05, 0) is 68.4 Å². The summed E-state index contributed by atoms with van der Waals surface area (Å²) in [5, 5.41) is 1.73. The second kappa shape index (κ2) is 4.64. The summed E-state index contributed by atoms with van der Waals surface area (Å²) in [6.07, 6.45) is 1.91. The zero-order valence-corrected chi connectivity index (χ0v) is 12.8. The number of carbonyl (C=O) groups is 1. The second-order valence-electron chi connectivity index (χ2n) is 6.05. The number of nitrogens with zero attached hydrogens (tertiary/aromatic N) is 1. The van der Waals surface area contributed by atoms with Gasteiger partial charge in [-0.3, -0.25) is 10.2 Å². The summed E-state index contributed by atoms with van der Waals surface area (Å²) < 4.78 is 0. The van der Waals surface area contributed by atoms with Crippen molar-refractivity contribution in [3.8, 4) is 0 Å². The molecule has 0 unspecified atom stereocenters. The number of amides is 1.